The van der Waals surface area contributed by atoms with Gasteiger partial charge in [0.25, 0.3) is 0 Å². The summed E-state index contributed by atoms with van der Waals surface area (Å²) in [6.45, 7) is 3.25. The van der Waals surface area contributed by atoms with Crippen molar-refractivity contribution in [1.29, 1.82) is 0 Å². The Balaban J connectivity index is 1.72. The second-order valence-electron chi connectivity index (χ2n) is 8.23. The SMILES string of the molecule is Cc1ccccc1Cn1c(C(=O)O)c(CNC2CCCCCC2)c2ccccc21. The highest BCUT2D eigenvalue weighted by molar-refractivity contribution is 5.98. The van der Waals surface area contributed by atoms with Gasteiger partial charge in [-0.15, -0.1) is 0 Å². The van der Waals surface area contributed by atoms with Crippen molar-refractivity contribution in [2.24, 2.45) is 0 Å². The molecular formula is C25H30N2O2. The van der Waals surface area contributed by atoms with Crippen molar-refractivity contribution in [2.75, 3.05) is 0 Å². The van der Waals surface area contributed by atoms with E-state index in [0.29, 0.717) is 24.8 Å². The van der Waals surface area contributed by atoms with Crippen molar-refractivity contribution in [3.8, 4) is 0 Å². The Hall–Kier alpha value is -2.59. The molecule has 0 aliphatic heterocycles. The molecule has 1 saturated carbocycles. The Bertz CT molecular complexity index is 997. The molecule has 4 rings (SSSR count). The predicted octanol–water partition coefficient (Wildman–Crippen LogP) is 5.51. The van der Waals surface area contributed by atoms with Crippen LogP contribution in [-0.2, 0) is 13.1 Å². The lowest BCUT2D eigenvalue weighted by Gasteiger charge is -2.16. The number of fused-ring (bicyclic) bond motifs is 1. The summed E-state index contributed by atoms with van der Waals surface area (Å²) in [4.78, 5) is 12.3. The van der Waals surface area contributed by atoms with Crippen molar-refractivity contribution >= 4 is 16.9 Å². The molecule has 2 N–H and O–H groups in total. The minimum atomic E-state index is -0.854. The van der Waals surface area contributed by atoms with E-state index >= 15 is 0 Å². The molecule has 0 amide bonds. The molecule has 0 radical (unpaired) electrons. The maximum atomic E-state index is 12.3. The number of para-hydroxylation sites is 1. The molecule has 1 fully saturated rings. The summed E-state index contributed by atoms with van der Waals surface area (Å²) in [5, 5.41) is 14.8. The Labute approximate surface area is 172 Å². The number of carboxylic acids is 1. The first-order valence-corrected chi connectivity index (χ1v) is 10.8. The maximum Gasteiger partial charge on any atom is 0.352 e. The Kier molecular flexibility index (Phi) is 6.00. The van der Waals surface area contributed by atoms with Crippen LogP contribution in [0.15, 0.2) is 48.5 Å². The van der Waals surface area contributed by atoms with E-state index in [9.17, 15) is 9.90 Å². The highest BCUT2D eigenvalue weighted by Crippen LogP contribution is 2.29. The number of hydrogen-bond donors (Lipinski definition) is 2. The Morgan fingerprint density at radius 1 is 1.03 bits per heavy atom. The van der Waals surface area contributed by atoms with Crippen LogP contribution in [0.25, 0.3) is 10.9 Å². The van der Waals surface area contributed by atoms with E-state index in [1.54, 1.807) is 0 Å². The smallest absolute Gasteiger partial charge is 0.352 e. The number of rotatable bonds is 6. The monoisotopic (exact) mass is 390 g/mol. The van der Waals surface area contributed by atoms with Crippen molar-refractivity contribution < 1.29 is 9.90 Å². The molecule has 3 aromatic rings. The van der Waals surface area contributed by atoms with E-state index in [2.05, 4.69) is 30.4 Å². The van der Waals surface area contributed by atoms with Gasteiger partial charge in [-0.05, 0) is 37.0 Å². The van der Waals surface area contributed by atoms with E-state index in [0.717, 1.165) is 22.0 Å². The first-order valence-electron chi connectivity index (χ1n) is 10.8. The standard InChI is InChI=1S/C25H30N2O2/c1-18-10-6-7-11-19(18)17-27-23-15-9-8-14-21(23)22(24(27)25(28)29)16-26-20-12-4-2-3-5-13-20/h6-11,14-15,20,26H,2-5,12-13,16-17H2,1H3,(H,28,29). The summed E-state index contributed by atoms with van der Waals surface area (Å²) in [6, 6.07) is 16.8. The second kappa shape index (κ2) is 8.83. The molecule has 152 valence electrons. The number of hydrogen-bond acceptors (Lipinski definition) is 2. The third-order valence-corrected chi connectivity index (χ3v) is 6.29. The quantitative estimate of drug-likeness (QED) is 0.546. The normalized spacial score (nSPS) is 15.5. The molecule has 0 atom stereocenters. The van der Waals surface area contributed by atoms with Crippen molar-refractivity contribution in [3.05, 3.63) is 70.9 Å². The molecule has 0 bridgehead atoms. The molecule has 0 unspecified atom stereocenters. The summed E-state index contributed by atoms with van der Waals surface area (Å²) in [5.41, 5.74) is 4.64. The van der Waals surface area contributed by atoms with E-state index in [1.165, 1.54) is 44.1 Å². The van der Waals surface area contributed by atoms with Gasteiger partial charge in [0.1, 0.15) is 5.69 Å². The van der Waals surface area contributed by atoms with Gasteiger partial charge in [0, 0.05) is 35.6 Å². The lowest BCUT2D eigenvalue weighted by molar-refractivity contribution is 0.0684. The number of aromatic carboxylic acids is 1. The van der Waals surface area contributed by atoms with E-state index < -0.39 is 5.97 Å². The zero-order chi connectivity index (χ0) is 20.2. The zero-order valence-corrected chi connectivity index (χ0v) is 17.2. The summed E-state index contributed by atoms with van der Waals surface area (Å²) in [5.74, 6) is -0.854. The van der Waals surface area contributed by atoms with Gasteiger partial charge in [0.05, 0.1) is 0 Å². The highest BCUT2D eigenvalue weighted by atomic mass is 16.4. The molecule has 29 heavy (non-hydrogen) atoms. The van der Waals surface area contributed by atoms with Crippen molar-refractivity contribution in [2.45, 2.75) is 64.6 Å². The zero-order valence-electron chi connectivity index (χ0n) is 17.2. The molecule has 1 aliphatic carbocycles. The molecule has 4 nitrogen and oxygen atoms in total. The van der Waals surface area contributed by atoms with Gasteiger partial charge in [0.2, 0.25) is 0 Å². The average Bonchev–Trinajstić information content (AvgIpc) is 2.85. The first kappa shape index (κ1) is 19.7. The molecule has 1 aromatic heterocycles. The molecular weight excluding hydrogens is 360 g/mol. The Morgan fingerprint density at radius 3 is 2.45 bits per heavy atom. The number of nitrogens with zero attached hydrogens (tertiary/aromatic N) is 1. The molecule has 1 aliphatic rings. The van der Waals surface area contributed by atoms with Crippen molar-refractivity contribution in [1.82, 2.24) is 9.88 Å². The lowest BCUT2D eigenvalue weighted by Crippen LogP contribution is -2.28. The van der Waals surface area contributed by atoms with E-state index in [1.807, 2.05) is 34.9 Å². The number of aryl methyl sites for hydroxylation is 1. The van der Waals surface area contributed by atoms with E-state index in [4.69, 9.17) is 0 Å². The number of aromatic nitrogens is 1. The molecule has 1 heterocycles. The van der Waals surface area contributed by atoms with Crippen LogP contribution in [0.5, 0.6) is 0 Å². The van der Waals surface area contributed by atoms with Gasteiger partial charge in [-0.2, -0.15) is 0 Å². The van der Waals surface area contributed by atoms with Crippen LogP contribution < -0.4 is 5.32 Å². The fourth-order valence-corrected chi connectivity index (χ4v) is 4.65. The van der Waals surface area contributed by atoms with Crippen LogP contribution in [0, 0.1) is 6.92 Å². The highest BCUT2D eigenvalue weighted by Gasteiger charge is 2.23. The number of carbonyl (C=O) groups is 1. The van der Waals surface area contributed by atoms with Gasteiger partial charge in [-0.1, -0.05) is 68.1 Å². The van der Waals surface area contributed by atoms with Crippen LogP contribution >= 0.6 is 0 Å². The third-order valence-electron chi connectivity index (χ3n) is 6.29. The van der Waals surface area contributed by atoms with Crippen LogP contribution in [0.2, 0.25) is 0 Å². The fourth-order valence-electron chi connectivity index (χ4n) is 4.65. The molecule has 0 saturated heterocycles. The first-order chi connectivity index (χ1) is 14.1. The lowest BCUT2D eigenvalue weighted by atomic mass is 10.1. The van der Waals surface area contributed by atoms with Crippen LogP contribution in [-0.4, -0.2) is 21.7 Å². The minimum absolute atomic E-state index is 0.413. The molecule has 4 heteroatoms. The van der Waals surface area contributed by atoms with Gasteiger partial charge < -0.3 is 15.0 Å². The molecule has 0 spiro atoms. The maximum absolute atomic E-state index is 12.3. The summed E-state index contributed by atoms with van der Waals surface area (Å²) >= 11 is 0. The number of benzene rings is 2. The summed E-state index contributed by atoms with van der Waals surface area (Å²) in [6.07, 6.45) is 7.52. The van der Waals surface area contributed by atoms with Crippen LogP contribution in [0.1, 0.15) is 65.7 Å². The Morgan fingerprint density at radius 2 is 1.72 bits per heavy atom. The number of carboxylic acid groups (broad SMARTS) is 1. The van der Waals surface area contributed by atoms with Gasteiger partial charge in [-0.25, -0.2) is 4.79 Å². The number of nitrogens with one attached hydrogen (secondary N) is 1. The minimum Gasteiger partial charge on any atom is -0.477 e. The van der Waals surface area contributed by atoms with Gasteiger partial charge >= 0.3 is 5.97 Å². The largest absolute Gasteiger partial charge is 0.477 e. The summed E-state index contributed by atoms with van der Waals surface area (Å²) < 4.78 is 1.98. The van der Waals surface area contributed by atoms with Gasteiger partial charge in [-0.3, -0.25) is 0 Å². The van der Waals surface area contributed by atoms with Crippen LogP contribution in [0.4, 0.5) is 0 Å². The topological polar surface area (TPSA) is 54.3 Å². The van der Waals surface area contributed by atoms with Crippen molar-refractivity contribution in [3.63, 3.8) is 0 Å². The van der Waals surface area contributed by atoms with Gasteiger partial charge in [0.15, 0.2) is 0 Å². The summed E-state index contributed by atoms with van der Waals surface area (Å²) in [7, 11) is 0. The van der Waals surface area contributed by atoms with Crippen LogP contribution in [0.3, 0.4) is 0 Å². The second-order valence-corrected chi connectivity index (χ2v) is 8.23. The fraction of sp³-hybridized carbons (Fsp3) is 0.400. The average molecular weight is 391 g/mol. The predicted molar refractivity (Wildman–Crippen MR) is 118 cm³/mol. The molecule has 2 aromatic carbocycles. The van der Waals surface area contributed by atoms with E-state index in [-0.39, 0.29) is 0 Å². The third kappa shape index (κ3) is 4.23.